The maximum absolute atomic E-state index is 5.54. The van der Waals surface area contributed by atoms with E-state index in [1.807, 2.05) is 6.07 Å². The Hall–Kier alpha value is -1.31. The molecule has 0 amide bonds. The zero-order valence-corrected chi connectivity index (χ0v) is 8.71. The highest BCUT2D eigenvalue weighted by molar-refractivity contribution is 5.73. The molecule has 0 saturated carbocycles. The number of hydrogen-bond acceptors (Lipinski definition) is 2. The van der Waals surface area contributed by atoms with Gasteiger partial charge in [-0.1, -0.05) is 26.3 Å². The van der Waals surface area contributed by atoms with Crippen molar-refractivity contribution in [3.63, 3.8) is 0 Å². The molecule has 0 saturated heterocycles. The normalized spacial score (nSPS) is 11.0. The van der Waals surface area contributed by atoms with Crippen molar-refractivity contribution in [2.75, 3.05) is 0 Å². The Labute approximate surface area is 84.0 Å². The zero-order chi connectivity index (χ0) is 9.97. The van der Waals surface area contributed by atoms with Crippen LogP contribution in [0.2, 0.25) is 0 Å². The number of benzene rings is 1. The predicted octanol–water partition coefficient (Wildman–Crippen LogP) is 3.34. The van der Waals surface area contributed by atoms with Crippen molar-refractivity contribution in [3.8, 4) is 0 Å². The van der Waals surface area contributed by atoms with Crippen molar-refractivity contribution in [1.82, 2.24) is 4.98 Å². The molecule has 0 fully saturated rings. The molecular formula is C12H15NO. The van der Waals surface area contributed by atoms with E-state index in [9.17, 15) is 0 Å². The second-order valence-electron chi connectivity index (χ2n) is 3.51. The van der Waals surface area contributed by atoms with Gasteiger partial charge >= 0.3 is 0 Å². The van der Waals surface area contributed by atoms with Crippen LogP contribution in [0.1, 0.15) is 31.7 Å². The lowest BCUT2D eigenvalue weighted by Gasteiger charge is -1.95. The van der Waals surface area contributed by atoms with Crippen LogP contribution in [-0.4, -0.2) is 4.98 Å². The maximum atomic E-state index is 5.54. The first-order chi connectivity index (χ1) is 6.83. The molecule has 0 aliphatic rings. The van der Waals surface area contributed by atoms with Crippen molar-refractivity contribution in [1.29, 1.82) is 0 Å². The highest BCUT2D eigenvalue weighted by Crippen LogP contribution is 2.18. The van der Waals surface area contributed by atoms with Crippen LogP contribution in [0.15, 0.2) is 22.6 Å². The third-order valence-corrected chi connectivity index (χ3v) is 2.34. The van der Waals surface area contributed by atoms with Crippen molar-refractivity contribution < 1.29 is 4.42 Å². The number of aryl methyl sites for hydroxylation is 2. The van der Waals surface area contributed by atoms with Crippen LogP contribution < -0.4 is 0 Å². The lowest BCUT2D eigenvalue weighted by molar-refractivity contribution is 0.538. The molecule has 0 N–H and O–H groups in total. The van der Waals surface area contributed by atoms with E-state index in [0.717, 1.165) is 29.8 Å². The summed E-state index contributed by atoms with van der Waals surface area (Å²) in [5.74, 6) is 0.827. The highest BCUT2D eigenvalue weighted by Gasteiger charge is 2.03. The van der Waals surface area contributed by atoms with Crippen molar-refractivity contribution >= 4 is 11.1 Å². The van der Waals surface area contributed by atoms with E-state index in [1.165, 1.54) is 12.0 Å². The average Bonchev–Trinajstić information content (AvgIpc) is 2.60. The molecular weight excluding hydrogens is 174 g/mol. The van der Waals surface area contributed by atoms with Gasteiger partial charge in [-0.25, -0.2) is 4.98 Å². The number of fused-ring (bicyclic) bond motifs is 1. The molecule has 1 aromatic heterocycles. The van der Waals surface area contributed by atoms with Gasteiger partial charge in [-0.15, -0.1) is 0 Å². The molecule has 0 spiro atoms. The first-order valence-corrected chi connectivity index (χ1v) is 5.21. The molecule has 0 bridgehead atoms. The highest BCUT2D eigenvalue weighted by atomic mass is 16.3. The van der Waals surface area contributed by atoms with Gasteiger partial charge in [0.25, 0.3) is 0 Å². The van der Waals surface area contributed by atoms with Gasteiger partial charge < -0.3 is 4.42 Å². The molecule has 0 atom stereocenters. The van der Waals surface area contributed by atoms with E-state index < -0.39 is 0 Å². The summed E-state index contributed by atoms with van der Waals surface area (Å²) in [6.07, 6.45) is 3.14. The van der Waals surface area contributed by atoms with E-state index in [4.69, 9.17) is 4.42 Å². The Kier molecular flexibility index (Phi) is 2.53. The molecule has 0 unspecified atom stereocenters. The van der Waals surface area contributed by atoms with E-state index in [0.29, 0.717) is 0 Å². The van der Waals surface area contributed by atoms with Crippen LogP contribution in [-0.2, 0) is 12.8 Å². The fourth-order valence-electron chi connectivity index (χ4n) is 1.62. The lowest BCUT2D eigenvalue weighted by Crippen LogP contribution is -1.82. The summed E-state index contributed by atoms with van der Waals surface area (Å²) in [5.41, 5.74) is 3.24. The van der Waals surface area contributed by atoms with Crippen molar-refractivity contribution in [3.05, 3.63) is 29.7 Å². The Morgan fingerprint density at radius 2 is 2.14 bits per heavy atom. The molecule has 1 aromatic carbocycles. The molecule has 0 aliphatic carbocycles. The molecule has 2 heteroatoms. The maximum Gasteiger partial charge on any atom is 0.195 e. The van der Waals surface area contributed by atoms with E-state index in [-0.39, 0.29) is 0 Å². The van der Waals surface area contributed by atoms with E-state index in [1.54, 1.807) is 0 Å². The van der Waals surface area contributed by atoms with Crippen LogP contribution in [0.3, 0.4) is 0 Å². The lowest BCUT2D eigenvalue weighted by atomic mass is 10.1. The summed E-state index contributed by atoms with van der Waals surface area (Å²) in [5, 5.41) is 0. The smallest absolute Gasteiger partial charge is 0.195 e. The monoisotopic (exact) mass is 189 g/mol. The van der Waals surface area contributed by atoms with E-state index >= 15 is 0 Å². The molecule has 1 heterocycles. The van der Waals surface area contributed by atoms with Gasteiger partial charge in [0.05, 0.1) is 0 Å². The molecule has 2 nitrogen and oxygen atoms in total. The molecule has 14 heavy (non-hydrogen) atoms. The number of oxazole rings is 1. The molecule has 2 aromatic rings. The average molecular weight is 189 g/mol. The summed E-state index contributed by atoms with van der Waals surface area (Å²) >= 11 is 0. The summed E-state index contributed by atoms with van der Waals surface area (Å²) < 4.78 is 5.54. The largest absolute Gasteiger partial charge is 0.441 e. The SMILES string of the molecule is CCCc1ccc2oc(CC)nc2c1. The number of nitrogens with zero attached hydrogens (tertiary/aromatic N) is 1. The summed E-state index contributed by atoms with van der Waals surface area (Å²) in [4.78, 5) is 4.41. The Morgan fingerprint density at radius 1 is 1.29 bits per heavy atom. The first-order valence-electron chi connectivity index (χ1n) is 5.21. The second-order valence-corrected chi connectivity index (χ2v) is 3.51. The summed E-state index contributed by atoms with van der Waals surface area (Å²) in [6.45, 7) is 4.24. The summed E-state index contributed by atoms with van der Waals surface area (Å²) in [6, 6.07) is 6.27. The number of hydrogen-bond donors (Lipinski definition) is 0. The van der Waals surface area contributed by atoms with Gasteiger partial charge in [0, 0.05) is 6.42 Å². The third-order valence-electron chi connectivity index (χ3n) is 2.34. The van der Waals surface area contributed by atoms with Gasteiger partial charge in [0.2, 0.25) is 0 Å². The fourth-order valence-corrected chi connectivity index (χ4v) is 1.62. The molecule has 74 valence electrons. The van der Waals surface area contributed by atoms with E-state index in [2.05, 4.69) is 31.0 Å². The van der Waals surface area contributed by atoms with Crippen molar-refractivity contribution in [2.45, 2.75) is 33.1 Å². The minimum atomic E-state index is 0.827. The Bertz CT molecular complexity index is 431. The number of rotatable bonds is 3. The summed E-state index contributed by atoms with van der Waals surface area (Å²) in [7, 11) is 0. The Morgan fingerprint density at radius 3 is 2.86 bits per heavy atom. The molecule has 0 radical (unpaired) electrons. The van der Waals surface area contributed by atoms with Gasteiger partial charge in [-0.3, -0.25) is 0 Å². The van der Waals surface area contributed by atoms with Crippen LogP contribution in [0, 0.1) is 0 Å². The molecule has 2 rings (SSSR count). The van der Waals surface area contributed by atoms with Crippen molar-refractivity contribution in [2.24, 2.45) is 0 Å². The predicted molar refractivity (Wildman–Crippen MR) is 57.4 cm³/mol. The van der Waals surface area contributed by atoms with Gasteiger partial charge in [0.1, 0.15) is 5.52 Å². The van der Waals surface area contributed by atoms with Gasteiger partial charge in [-0.05, 0) is 24.1 Å². The minimum Gasteiger partial charge on any atom is -0.441 e. The van der Waals surface area contributed by atoms with Gasteiger partial charge in [-0.2, -0.15) is 0 Å². The first kappa shape index (κ1) is 9.25. The molecule has 0 aliphatic heterocycles. The topological polar surface area (TPSA) is 26.0 Å². The third kappa shape index (κ3) is 1.65. The zero-order valence-electron chi connectivity index (χ0n) is 8.71. The Balaban J connectivity index is 2.43. The standard InChI is InChI=1S/C12H15NO/c1-3-5-9-6-7-11-10(8-9)13-12(4-2)14-11/h6-8H,3-5H2,1-2H3. The fraction of sp³-hybridized carbons (Fsp3) is 0.417. The number of aromatic nitrogens is 1. The quantitative estimate of drug-likeness (QED) is 0.740. The van der Waals surface area contributed by atoms with Crippen LogP contribution in [0.4, 0.5) is 0 Å². The van der Waals surface area contributed by atoms with Gasteiger partial charge in [0.15, 0.2) is 11.5 Å². The van der Waals surface area contributed by atoms with Crippen LogP contribution in [0.5, 0.6) is 0 Å². The second kappa shape index (κ2) is 3.82. The van der Waals surface area contributed by atoms with Crippen LogP contribution in [0.25, 0.3) is 11.1 Å². The van der Waals surface area contributed by atoms with Crippen LogP contribution >= 0.6 is 0 Å². The minimum absolute atomic E-state index is 0.827.